The Morgan fingerprint density at radius 1 is 1.29 bits per heavy atom. The molecule has 0 amide bonds. The maximum atomic E-state index is 12.8. The second kappa shape index (κ2) is 5.64. The van der Waals surface area contributed by atoms with Gasteiger partial charge in [-0.25, -0.2) is 8.42 Å². The van der Waals surface area contributed by atoms with Crippen LogP contribution in [0.15, 0.2) is 17.0 Å². The molecule has 2 aliphatic rings. The number of sulfonamides is 1. The van der Waals surface area contributed by atoms with Crippen LogP contribution in [0.25, 0.3) is 0 Å². The van der Waals surface area contributed by atoms with Gasteiger partial charge >= 0.3 is 0 Å². The van der Waals surface area contributed by atoms with Gasteiger partial charge in [0, 0.05) is 31.3 Å². The normalized spacial score (nSPS) is 22.5. The van der Waals surface area contributed by atoms with Crippen LogP contribution in [0.5, 0.6) is 11.5 Å². The van der Waals surface area contributed by atoms with E-state index in [9.17, 15) is 8.42 Å². The van der Waals surface area contributed by atoms with Crippen LogP contribution < -0.4 is 15.2 Å². The quantitative estimate of drug-likeness (QED) is 0.900. The van der Waals surface area contributed by atoms with E-state index in [0.717, 1.165) is 12.8 Å². The second-order valence-electron chi connectivity index (χ2n) is 5.07. The second-order valence-corrected chi connectivity index (χ2v) is 7.34. The van der Waals surface area contributed by atoms with Gasteiger partial charge in [0.15, 0.2) is 11.5 Å². The minimum atomic E-state index is -3.68. The van der Waals surface area contributed by atoms with Gasteiger partial charge in [-0.05, 0) is 12.8 Å². The summed E-state index contributed by atoms with van der Waals surface area (Å²) in [5.74, 6) is 0.884. The zero-order chi connectivity index (χ0) is 15.0. The zero-order valence-corrected chi connectivity index (χ0v) is 13.0. The first-order valence-electron chi connectivity index (χ1n) is 6.85. The number of benzene rings is 1. The molecular weight excluding hydrogens is 316 g/mol. The highest BCUT2D eigenvalue weighted by Gasteiger charge is 2.36. The minimum Gasteiger partial charge on any atom is -0.486 e. The first-order chi connectivity index (χ1) is 10.0. The smallest absolute Gasteiger partial charge is 0.244 e. The van der Waals surface area contributed by atoms with Crippen molar-refractivity contribution in [1.29, 1.82) is 0 Å². The maximum Gasteiger partial charge on any atom is 0.244 e. The molecule has 0 bridgehead atoms. The Morgan fingerprint density at radius 3 is 2.62 bits per heavy atom. The number of ether oxygens (including phenoxy) is 2. The van der Waals surface area contributed by atoms with E-state index in [4.69, 9.17) is 26.8 Å². The zero-order valence-electron chi connectivity index (χ0n) is 11.4. The standard InChI is InChI=1S/C13H17ClN2O4S/c14-10-6-11-12(20-5-4-19-11)7-13(10)21(17,18)16-3-1-2-9(16)8-15/h6-7,9H,1-5,8,15H2. The lowest BCUT2D eigenvalue weighted by atomic mass is 10.2. The SMILES string of the molecule is NCC1CCCN1S(=O)(=O)c1cc2c(cc1Cl)OCCO2. The van der Waals surface area contributed by atoms with Gasteiger partial charge in [-0.2, -0.15) is 4.31 Å². The van der Waals surface area contributed by atoms with Gasteiger partial charge < -0.3 is 15.2 Å². The molecule has 116 valence electrons. The molecule has 1 saturated heterocycles. The van der Waals surface area contributed by atoms with Gasteiger partial charge in [-0.15, -0.1) is 0 Å². The average molecular weight is 333 g/mol. The summed E-state index contributed by atoms with van der Waals surface area (Å²) in [5, 5.41) is 0.141. The third-order valence-electron chi connectivity index (χ3n) is 3.78. The molecule has 6 nitrogen and oxygen atoms in total. The fourth-order valence-corrected chi connectivity index (χ4v) is 4.94. The first-order valence-corrected chi connectivity index (χ1v) is 8.67. The van der Waals surface area contributed by atoms with Gasteiger partial charge in [-0.1, -0.05) is 11.6 Å². The highest BCUT2D eigenvalue weighted by molar-refractivity contribution is 7.89. The largest absolute Gasteiger partial charge is 0.486 e. The van der Waals surface area contributed by atoms with E-state index in [1.807, 2.05) is 0 Å². The molecule has 2 N–H and O–H groups in total. The van der Waals surface area contributed by atoms with Gasteiger partial charge in [0.1, 0.15) is 18.1 Å². The minimum absolute atomic E-state index is 0.0498. The summed E-state index contributed by atoms with van der Waals surface area (Å²) in [6.07, 6.45) is 1.58. The maximum absolute atomic E-state index is 12.8. The van der Waals surface area contributed by atoms with Crippen molar-refractivity contribution in [3.05, 3.63) is 17.2 Å². The summed E-state index contributed by atoms with van der Waals surface area (Å²) in [6.45, 7) is 1.59. The van der Waals surface area contributed by atoms with Gasteiger partial charge in [0.05, 0.1) is 5.02 Å². The molecule has 1 fully saturated rings. The van der Waals surface area contributed by atoms with Crippen LogP contribution in [0.4, 0.5) is 0 Å². The topological polar surface area (TPSA) is 81.9 Å². The van der Waals surface area contributed by atoms with Crippen LogP contribution in [0.2, 0.25) is 5.02 Å². The molecule has 1 aromatic carbocycles. The van der Waals surface area contributed by atoms with E-state index in [2.05, 4.69) is 0 Å². The van der Waals surface area contributed by atoms with E-state index < -0.39 is 10.0 Å². The number of rotatable bonds is 3. The summed E-state index contributed by atoms with van der Waals surface area (Å²) < 4.78 is 37.9. The summed E-state index contributed by atoms with van der Waals surface area (Å²) in [6, 6.07) is 2.77. The predicted molar refractivity (Wildman–Crippen MR) is 78.4 cm³/mol. The number of nitrogens with two attached hydrogens (primary N) is 1. The molecular formula is C13H17ClN2O4S. The van der Waals surface area contributed by atoms with Crippen LogP contribution in [0.3, 0.4) is 0 Å². The number of hydrogen-bond acceptors (Lipinski definition) is 5. The van der Waals surface area contributed by atoms with Gasteiger partial charge in [0.25, 0.3) is 0 Å². The molecule has 1 unspecified atom stereocenters. The fourth-order valence-electron chi connectivity index (χ4n) is 2.73. The Hall–Kier alpha value is -1.02. The lowest BCUT2D eigenvalue weighted by molar-refractivity contribution is 0.171. The highest BCUT2D eigenvalue weighted by atomic mass is 35.5. The van der Waals surface area contributed by atoms with Crippen molar-refractivity contribution < 1.29 is 17.9 Å². The predicted octanol–water partition coefficient (Wildman–Crippen LogP) is 1.22. The molecule has 2 aliphatic heterocycles. The Balaban J connectivity index is 2.02. The van der Waals surface area contributed by atoms with Crippen molar-refractivity contribution in [3.63, 3.8) is 0 Å². The molecule has 8 heteroatoms. The van der Waals surface area contributed by atoms with Crippen molar-refractivity contribution in [2.24, 2.45) is 5.73 Å². The Kier molecular flexibility index (Phi) is 4.00. The van der Waals surface area contributed by atoms with Crippen molar-refractivity contribution >= 4 is 21.6 Å². The van der Waals surface area contributed by atoms with E-state index in [-0.39, 0.29) is 16.0 Å². The summed E-state index contributed by atoms with van der Waals surface area (Å²) in [5.41, 5.74) is 5.66. The molecule has 3 rings (SSSR count). The van der Waals surface area contributed by atoms with Gasteiger partial charge in [0.2, 0.25) is 10.0 Å². The number of fused-ring (bicyclic) bond motifs is 1. The molecule has 1 atom stereocenters. The summed E-state index contributed by atoms with van der Waals surface area (Å²) in [4.78, 5) is 0.0498. The molecule has 0 aliphatic carbocycles. The number of nitrogens with zero attached hydrogens (tertiary/aromatic N) is 1. The lowest BCUT2D eigenvalue weighted by Crippen LogP contribution is -2.40. The molecule has 21 heavy (non-hydrogen) atoms. The molecule has 2 heterocycles. The molecule has 0 radical (unpaired) electrons. The van der Waals surface area contributed by atoms with Crippen molar-refractivity contribution in [3.8, 4) is 11.5 Å². The third kappa shape index (κ3) is 2.59. The summed E-state index contributed by atoms with van der Waals surface area (Å²) in [7, 11) is -3.68. The van der Waals surface area contributed by atoms with E-state index in [1.54, 1.807) is 0 Å². The molecule has 0 spiro atoms. The Labute approximate surface area is 128 Å². The molecule has 0 aromatic heterocycles. The van der Waals surface area contributed by atoms with Crippen LogP contribution in [0.1, 0.15) is 12.8 Å². The highest BCUT2D eigenvalue weighted by Crippen LogP contribution is 2.39. The van der Waals surface area contributed by atoms with Crippen LogP contribution >= 0.6 is 11.6 Å². The fraction of sp³-hybridized carbons (Fsp3) is 0.538. The van der Waals surface area contributed by atoms with Crippen molar-refractivity contribution in [2.75, 3.05) is 26.3 Å². The monoisotopic (exact) mass is 332 g/mol. The van der Waals surface area contributed by atoms with Crippen molar-refractivity contribution in [2.45, 2.75) is 23.8 Å². The first kappa shape index (κ1) is 14.9. The summed E-state index contributed by atoms with van der Waals surface area (Å²) >= 11 is 6.14. The van der Waals surface area contributed by atoms with Crippen molar-refractivity contribution in [1.82, 2.24) is 4.31 Å². The molecule has 1 aromatic rings. The average Bonchev–Trinajstić information content (AvgIpc) is 2.95. The van der Waals surface area contributed by atoms with E-state index in [0.29, 0.717) is 37.8 Å². The van der Waals surface area contributed by atoms with E-state index in [1.165, 1.54) is 16.4 Å². The van der Waals surface area contributed by atoms with Crippen LogP contribution in [0, 0.1) is 0 Å². The Bertz CT molecular complexity index is 650. The lowest BCUT2D eigenvalue weighted by Gasteiger charge is -2.25. The van der Waals surface area contributed by atoms with Crippen LogP contribution in [-0.2, 0) is 10.0 Å². The molecule has 0 saturated carbocycles. The van der Waals surface area contributed by atoms with Gasteiger partial charge in [-0.3, -0.25) is 0 Å². The number of hydrogen-bond donors (Lipinski definition) is 1. The third-order valence-corrected chi connectivity index (χ3v) is 6.20. The Morgan fingerprint density at radius 2 is 1.95 bits per heavy atom. The van der Waals surface area contributed by atoms with E-state index >= 15 is 0 Å². The van der Waals surface area contributed by atoms with Crippen LogP contribution in [-0.4, -0.2) is 45.1 Å². The number of halogens is 1.